The van der Waals surface area contributed by atoms with Gasteiger partial charge in [-0.3, -0.25) is 4.79 Å². The molecule has 1 unspecified atom stereocenters. The van der Waals surface area contributed by atoms with Gasteiger partial charge in [0.05, 0.1) is 5.92 Å². The molecular formula is C18H24FN3O3. The Morgan fingerprint density at radius 2 is 1.96 bits per heavy atom. The van der Waals surface area contributed by atoms with E-state index in [1.165, 1.54) is 11.0 Å². The molecule has 0 radical (unpaired) electrons. The first kappa shape index (κ1) is 17.5. The van der Waals surface area contributed by atoms with E-state index in [-0.39, 0.29) is 24.9 Å². The van der Waals surface area contributed by atoms with Crippen LogP contribution in [0.15, 0.2) is 18.2 Å². The minimum atomic E-state index is -0.872. The molecule has 2 saturated heterocycles. The highest BCUT2D eigenvalue weighted by Gasteiger charge is 2.28. The molecule has 25 heavy (non-hydrogen) atoms. The predicted octanol–water partition coefficient (Wildman–Crippen LogP) is 2.43. The fourth-order valence-electron chi connectivity index (χ4n) is 3.62. The molecule has 0 aromatic heterocycles. The second kappa shape index (κ2) is 7.72. The number of hydrogen-bond acceptors (Lipinski definition) is 3. The van der Waals surface area contributed by atoms with Gasteiger partial charge in [0.25, 0.3) is 0 Å². The lowest BCUT2D eigenvalue weighted by Crippen LogP contribution is -2.47. The summed E-state index contributed by atoms with van der Waals surface area (Å²) in [6, 6.07) is 4.65. The van der Waals surface area contributed by atoms with Gasteiger partial charge in [0, 0.05) is 44.0 Å². The summed E-state index contributed by atoms with van der Waals surface area (Å²) in [7, 11) is 0. The average molecular weight is 349 g/mol. The summed E-state index contributed by atoms with van der Waals surface area (Å²) < 4.78 is 14.3. The number of benzene rings is 1. The van der Waals surface area contributed by atoms with Gasteiger partial charge < -0.3 is 20.2 Å². The third kappa shape index (κ3) is 4.03. The van der Waals surface area contributed by atoms with Crippen molar-refractivity contribution in [2.24, 2.45) is 5.92 Å². The molecule has 2 aliphatic heterocycles. The number of rotatable bonds is 4. The summed E-state index contributed by atoms with van der Waals surface area (Å²) in [5.74, 6) is -1.72. The Bertz CT molecular complexity index is 646. The van der Waals surface area contributed by atoms with Crippen molar-refractivity contribution in [2.45, 2.75) is 32.2 Å². The third-order valence-corrected chi connectivity index (χ3v) is 5.02. The number of piperidine rings is 1. The van der Waals surface area contributed by atoms with Crippen LogP contribution < -0.4 is 10.2 Å². The average Bonchev–Trinajstić information content (AvgIpc) is 3.14. The Balaban J connectivity index is 1.65. The van der Waals surface area contributed by atoms with Crippen LogP contribution in [-0.2, 0) is 11.3 Å². The molecule has 2 N–H and O–H groups in total. The number of hydrogen-bond donors (Lipinski definition) is 2. The number of amides is 2. The van der Waals surface area contributed by atoms with E-state index >= 15 is 0 Å². The Morgan fingerprint density at radius 3 is 2.68 bits per heavy atom. The van der Waals surface area contributed by atoms with Crippen LogP contribution in [0, 0.1) is 11.7 Å². The molecule has 0 saturated carbocycles. The Morgan fingerprint density at radius 1 is 1.20 bits per heavy atom. The summed E-state index contributed by atoms with van der Waals surface area (Å²) >= 11 is 0. The van der Waals surface area contributed by atoms with Crippen molar-refractivity contribution in [1.82, 2.24) is 10.2 Å². The zero-order valence-corrected chi connectivity index (χ0v) is 14.2. The molecule has 1 aromatic rings. The van der Waals surface area contributed by atoms with Crippen molar-refractivity contribution in [2.75, 3.05) is 31.1 Å². The van der Waals surface area contributed by atoms with Crippen LogP contribution in [0.4, 0.5) is 14.9 Å². The molecule has 0 bridgehead atoms. The van der Waals surface area contributed by atoms with Gasteiger partial charge in [-0.2, -0.15) is 0 Å². The SMILES string of the molecule is O=C(O)C1CCCN(C(=O)NCc2c(F)cccc2N2CCCC2)C1. The van der Waals surface area contributed by atoms with Gasteiger partial charge in [-0.15, -0.1) is 0 Å². The molecule has 136 valence electrons. The van der Waals surface area contributed by atoms with Crippen molar-refractivity contribution in [3.05, 3.63) is 29.6 Å². The van der Waals surface area contributed by atoms with Crippen LogP contribution in [0.5, 0.6) is 0 Å². The van der Waals surface area contributed by atoms with Gasteiger partial charge in [0.2, 0.25) is 0 Å². The van der Waals surface area contributed by atoms with Crippen LogP contribution in [0.25, 0.3) is 0 Å². The van der Waals surface area contributed by atoms with Crippen molar-refractivity contribution < 1.29 is 19.1 Å². The van der Waals surface area contributed by atoms with Crippen LogP contribution in [0.2, 0.25) is 0 Å². The number of likely N-dealkylation sites (tertiary alicyclic amines) is 1. The molecule has 2 amide bonds. The molecule has 2 heterocycles. The fourth-order valence-corrected chi connectivity index (χ4v) is 3.62. The van der Waals surface area contributed by atoms with Gasteiger partial charge in [-0.05, 0) is 37.8 Å². The van der Waals surface area contributed by atoms with Gasteiger partial charge in [0.1, 0.15) is 5.82 Å². The molecular weight excluding hydrogens is 325 g/mol. The fraction of sp³-hybridized carbons (Fsp3) is 0.556. The monoisotopic (exact) mass is 349 g/mol. The number of aliphatic carboxylic acids is 1. The number of urea groups is 1. The van der Waals surface area contributed by atoms with Gasteiger partial charge in [0.15, 0.2) is 0 Å². The molecule has 1 atom stereocenters. The van der Waals surface area contributed by atoms with E-state index < -0.39 is 11.9 Å². The summed E-state index contributed by atoms with van der Waals surface area (Å²) in [6.07, 6.45) is 3.44. The van der Waals surface area contributed by atoms with Crippen molar-refractivity contribution >= 4 is 17.7 Å². The highest BCUT2D eigenvalue weighted by molar-refractivity contribution is 5.76. The maximum atomic E-state index is 14.3. The maximum Gasteiger partial charge on any atom is 0.317 e. The summed E-state index contributed by atoms with van der Waals surface area (Å²) in [4.78, 5) is 27.2. The third-order valence-electron chi connectivity index (χ3n) is 5.02. The molecule has 0 aliphatic carbocycles. The molecule has 1 aromatic carbocycles. The first-order chi connectivity index (χ1) is 12.1. The highest BCUT2D eigenvalue weighted by atomic mass is 19.1. The van der Waals surface area contributed by atoms with Crippen molar-refractivity contribution in [3.8, 4) is 0 Å². The van der Waals surface area contributed by atoms with Gasteiger partial charge in [-0.1, -0.05) is 6.07 Å². The van der Waals surface area contributed by atoms with E-state index in [9.17, 15) is 14.0 Å². The minimum Gasteiger partial charge on any atom is -0.481 e. The Kier molecular flexibility index (Phi) is 5.40. The van der Waals surface area contributed by atoms with Crippen LogP contribution in [0.1, 0.15) is 31.2 Å². The molecule has 2 fully saturated rings. The number of nitrogens with zero attached hydrogens (tertiary/aromatic N) is 2. The van der Waals surface area contributed by atoms with E-state index in [4.69, 9.17) is 5.11 Å². The topological polar surface area (TPSA) is 72.9 Å². The first-order valence-electron chi connectivity index (χ1n) is 8.84. The van der Waals surface area contributed by atoms with E-state index in [1.807, 2.05) is 6.07 Å². The van der Waals surface area contributed by atoms with E-state index in [0.717, 1.165) is 31.6 Å². The number of nitrogens with one attached hydrogen (secondary N) is 1. The van der Waals surface area contributed by atoms with Crippen molar-refractivity contribution in [1.29, 1.82) is 0 Å². The molecule has 0 spiro atoms. The smallest absolute Gasteiger partial charge is 0.317 e. The first-order valence-corrected chi connectivity index (χ1v) is 8.84. The standard InChI is InChI=1S/C18H24FN3O3/c19-15-6-3-7-16(21-8-1-2-9-21)14(15)11-20-18(25)22-10-4-5-13(12-22)17(23)24/h3,6-7,13H,1-2,4-5,8-12H2,(H,20,25)(H,23,24). The van der Waals surface area contributed by atoms with Gasteiger partial charge in [-0.25, -0.2) is 9.18 Å². The predicted molar refractivity (Wildman–Crippen MR) is 92.0 cm³/mol. The van der Waals surface area contributed by atoms with E-state index in [1.54, 1.807) is 6.07 Å². The largest absolute Gasteiger partial charge is 0.481 e. The number of halogens is 1. The van der Waals surface area contributed by atoms with Crippen LogP contribution in [-0.4, -0.2) is 48.2 Å². The number of carboxylic acids is 1. The second-order valence-electron chi connectivity index (χ2n) is 6.71. The van der Waals surface area contributed by atoms with Crippen molar-refractivity contribution in [3.63, 3.8) is 0 Å². The zero-order chi connectivity index (χ0) is 17.8. The number of carbonyl (C=O) groups excluding carboxylic acids is 1. The quantitative estimate of drug-likeness (QED) is 0.876. The van der Waals surface area contributed by atoms with Crippen LogP contribution in [0.3, 0.4) is 0 Å². The second-order valence-corrected chi connectivity index (χ2v) is 6.71. The molecule has 7 heteroatoms. The number of anilines is 1. The normalized spacial score (nSPS) is 20.6. The van der Waals surface area contributed by atoms with Gasteiger partial charge >= 0.3 is 12.0 Å². The molecule has 2 aliphatic rings. The lowest BCUT2D eigenvalue weighted by Gasteiger charge is -2.31. The number of carbonyl (C=O) groups is 2. The maximum absolute atomic E-state index is 14.3. The summed E-state index contributed by atoms with van der Waals surface area (Å²) in [5.41, 5.74) is 1.32. The van der Waals surface area contributed by atoms with E-state index in [0.29, 0.717) is 24.9 Å². The highest BCUT2D eigenvalue weighted by Crippen LogP contribution is 2.26. The molecule has 6 nitrogen and oxygen atoms in total. The lowest BCUT2D eigenvalue weighted by molar-refractivity contribution is -0.143. The summed E-state index contributed by atoms with van der Waals surface area (Å²) in [6.45, 7) is 2.64. The minimum absolute atomic E-state index is 0.103. The van der Waals surface area contributed by atoms with Crippen LogP contribution >= 0.6 is 0 Å². The Labute approximate surface area is 146 Å². The molecule has 3 rings (SSSR count). The Hall–Kier alpha value is -2.31. The summed E-state index contributed by atoms with van der Waals surface area (Å²) in [5, 5.41) is 11.9. The lowest BCUT2D eigenvalue weighted by atomic mass is 9.99. The number of carboxylic acid groups (broad SMARTS) is 1. The van der Waals surface area contributed by atoms with E-state index in [2.05, 4.69) is 10.2 Å². The zero-order valence-electron chi connectivity index (χ0n) is 14.2.